The van der Waals surface area contributed by atoms with Crippen LogP contribution in [0.15, 0.2) is 41.4 Å². The number of halogens is 2. The molecule has 1 heterocycles. The topological polar surface area (TPSA) is 104 Å². The summed E-state index contributed by atoms with van der Waals surface area (Å²) in [5.74, 6) is -0.640. The lowest BCUT2D eigenvalue weighted by Gasteiger charge is -2.24. The highest BCUT2D eigenvalue weighted by Gasteiger charge is 2.19. The van der Waals surface area contributed by atoms with Crippen molar-refractivity contribution in [2.45, 2.75) is 36.7 Å². The van der Waals surface area contributed by atoms with E-state index in [9.17, 15) is 8.60 Å². The molecule has 2 unspecified atom stereocenters. The number of hydrogen-bond donors (Lipinski definition) is 4. The molecule has 4 rings (SSSR count). The fourth-order valence-corrected chi connectivity index (χ4v) is 5.51. The number of nitrogens with one attached hydrogen (secondary N) is 3. The third-order valence-corrected chi connectivity index (χ3v) is 7.46. The van der Waals surface area contributed by atoms with Gasteiger partial charge in [0.05, 0.1) is 11.1 Å². The molecule has 0 fully saturated rings. The van der Waals surface area contributed by atoms with Crippen molar-refractivity contribution in [3.05, 3.63) is 68.9 Å². The average Bonchev–Trinajstić information content (AvgIpc) is 3.16. The van der Waals surface area contributed by atoms with Crippen molar-refractivity contribution in [2.75, 3.05) is 10.0 Å². The van der Waals surface area contributed by atoms with Gasteiger partial charge in [-0.15, -0.1) is 0 Å². The minimum Gasteiger partial charge on any atom is -0.380 e. The van der Waals surface area contributed by atoms with Gasteiger partial charge in [0.15, 0.2) is 16.1 Å². The molecular formula is C21H21ClFN5OS2. The van der Waals surface area contributed by atoms with E-state index < -0.39 is 16.8 Å². The van der Waals surface area contributed by atoms with E-state index >= 15 is 0 Å². The Balaban J connectivity index is 1.54. The Bertz CT molecular complexity index is 1150. The summed E-state index contributed by atoms with van der Waals surface area (Å²) in [5, 5.41) is 11.3. The largest absolute Gasteiger partial charge is 0.380 e. The number of thiazole rings is 1. The predicted octanol–water partition coefficient (Wildman–Crippen LogP) is 4.50. The molecular weight excluding hydrogens is 457 g/mol. The quantitative estimate of drug-likeness (QED) is 0.376. The van der Waals surface area contributed by atoms with E-state index in [0.29, 0.717) is 27.3 Å². The zero-order valence-corrected chi connectivity index (χ0v) is 18.8. The van der Waals surface area contributed by atoms with Crippen LogP contribution in [0.5, 0.6) is 0 Å². The van der Waals surface area contributed by atoms with Crippen molar-refractivity contribution in [2.24, 2.45) is 5.73 Å². The third kappa shape index (κ3) is 4.95. The lowest BCUT2D eigenvalue weighted by molar-refractivity contribution is 0.573. The summed E-state index contributed by atoms with van der Waals surface area (Å²) in [4.78, 5) is 3.91. The van der Waals surface area contributed by atoms with Gasteiger partial charge >= 0.3 is 0 Å². The number of hydrogen-bond acceptors (Lipinski definition) is 6. The van der Waals surface area contributed by atoms with E-state index in [1.165, 1.54) is 29.5 Å². The SMILES string of the molecule is N=Cc1cc(S(=O)Nc2ncc(Cl)s2)c(F)cc1NCc1cccc2c1CC(N)CC2. The van der Waals surface area contributed by atoms with Gasteiger partial charge in [0.25, 0.3) is 0 Å². The van der Waals surface area contributed by atoms with Crippen LogP contribution in [0.3, 0.4) is 0 Å². The number of rotatable bonds is 7. The molecule has 0 aliphatic heterocycles. The molecule has 1 aliphatic rings. The number of fused-ring (bicyclic) bond motifs is 1. The van der Waals surface area contributed by atoms with E-state index in [1.807, 2.05) is 12.1 Å². The van der Waals surface area contributed by atoms with E-state index in [1.54, 1.807) is 0 Å². The van der Waals surface area contributed by atoms with Crippen molar-refractivity contribution in [1.82, 2.24) is 4.98 Å². The normalized spacial score (nSPS) is 16.4. The highest BCUT2D eigenvalue weighted by Crippen LogP contribution is 2.28. The number of aromatic nitrogens is 1. The highest BCUT2D eigenvalue weighted by molar-refractivity contribution is 7.86. The maximum atomic E-state index is 14.8. The van der Waals surface area contributed by atoms with Crippen LogP contribution in [0.25, 0.3) is 0 Å². The molecule has 0 radical (unpaired) electrons. The van der Waals surface area contributed by atoms with Crippen molar-refractivity contribution in [3.63, 3.8) is 0 Å². The first-order valence-electron chi connectivity index (χ1n) is 9.67. The standard InChI is InChI=1S/C21H21ClFN5OS2/c22-20-11-27-21(30-20)28-31(29)19-6-14(9-24)18(8-17(19)23)26-10-13-3-1-2-12-4-5-15(25)7-16(12)13/h1-3,6,8-9,11,15,24,26H,4-5,7,10,25H2,(H,27,28). The smallest absolute Gasteiger partial charge is 0.196 e. The van der Waals surface area contributed by atoms with Gasteiger partial charge in [-0.3, -0.25) is 4.72 Å². The molecule has 1 aromatic heterocycles. The van der Waals surface area contributed by atoms with Crippen LogP contribution in [-0.4, -0.2) is 21.4 Å². The maximum absolute atomic E-state index is 14.8. The molecule has 0 amide bonds. The number of benzene rings is 2. The van der Waals surface area contributed by atoms with Crippen LogP contribution in [0.1, 0.15) is 28.7 Å². The molecule has 3 aromatic rings. The molecule has 0 bridgehead atoms. The van der Waals surface area contributed by atoms with Crippen molar-refractivity contribution >= 4 is 51.0 Å². The summed E-state index contributed by atoms with van der Waals surface area (Å²) >= 11 is 6.93. The second kappa shape index (κ2) is 9.44. The molecule has 1 aliphatic carbocycles. The van der Waals surface area contributed by atoms with E-state index in [0.717, 1.165) is 42.4 Å². The minimum atomic E-state index is -1.88. The van der Waals surface area contributed by atoms with Gasteiger partial charge in [-0.2, -0.15) is 0 Å². The maximum Gasteiger partial charge on any atom is 0.196 e. The second-order valence-electron chi connectivity index (χ2n) is 7.27. The zero-order valence-electron chi connectivity index (χ0n) is 16.5. The zero-order chi connectivity index (χ0) is 22.0. The van der Waals surface area contributed by atoms with Crippen LogP contribution in [0, 0.1) is 11.2 Å². The Hall–Kier alpha value is -2.33. The van der Waals surface area contributed by atoms with Crippen LogP contribution in [0.4, 0.5) is 15.2 Å². The van der Waals surface area contributed by atoms with Crippen LogP contribution in [-0.2, 0) is 30.4 Å². The predicted molar refractivity (Wildman–Crippen MR) is 125 cm³/mol. The first-order chi connectivity index (χ1) is 14.9. The summed E-state index contributed by atoms with van der Waals surface area (Å²) in [7, 11) is -1.88. The Labute approximate surface area is 191 Å². The molecule has 162 valence electrons. The van der Waals surface area contributed by atoms with Gasteiger partial charge in [0.2, 0.25) is 0 Å². The first kappa shape index (κ1) is 21.9. The molecule has 2 atom stereocenters. The fourth-order valence-electron chi connectivity index (χ4n) is 3.67. The molecule has 10 heteroatoms. The van der Waals surface area contributed by atoms with Crippen molar-refractivity contribution in [1.29, 1.82) is 5.41 Å². The molecule has 6 nitrogen and oxygen atoms in total. The van der Waals surface area contributed by atoms with Gasteiger partial charge < -0.3 is 16.5 Å². The Morgan fingerprint density at radius 2 is 2.26 bits per heavy atom. The molecule has 0 saturated heterocycles. The Morgan fingerprint density at radius 1 is 1.42 bits per heavy atom. The number of nitrogens with two attached hydrogens (primary N) is 1. The van der Waals surface area contributed by atoms with Crippen LogP contribution >= 0.6 is 22.9 Å². The average molecular weight is 478 g/mol. The van der Waals surface area contributed by atoms with Crippen molar-refractivity contribution in [3.8, 4) is 0 Å². The summed E-state index contributed by atoms with van der Waals surface area (Å²) in [6.45, 7) is 0.481. The fraction of sp³-hybridized carbons (Fsp3) is 0.238. The number of aryl methyl sites for hydroxylation is 1. The monoisotopic (exact) mass is 477 g/mol. The molecule has 2 aromatic carbocycles. The molecule has 0 spiro atoms. The molecule has 31 heavy (non-hydrogen) atoms. The van der Waals surface area contributed by atoms with Crippen LogP contribution < -0.4 is 15.8 Å². The lowest BCUT2D eigenvalue weighted by atomic mass is 9.85. The Kier molecular flexibility index (Phi) is 6.66. The van der Waals surface area contributed by atoms with Gasteiger partial charge in [0, 0.05) is 30.1 Å². The van der Waals surface area contributed by atoms with E-state index in [-0.39, 0.29) is 10.9 Å². The van der Waals surface area contributed by atoms with E-state index in [4.69, 9.17) is 22.7 Å². The number of anilines is 2. The first-order valence-corrected chi connectivity index (χ1v) is 12.0. The van der Waals surface area contributed by atoms with Crippen LogP contribution in [0.2, 0.25) is 4.34 Å². The Morgan fingerprint density at radius 3 is 3.00 bits per heavy atom. The summed E-state index contributed by atoms with van der Waals surface area (Å²) in [6, 6.07) is 9.01. The third-order valence-electron chi connectivity index (χ3n) is 5.21. The van der Waals surface area contributed by atoms with Gasteiger partial charge in [-0.1, -0.05) is 41.1 Å². The summed E-state index contributed by atoms with van der Waals surface area (Å²) < 4.78 is 30.4. The summed E-state index contributed by atoms with van der Waals surface area (Å²) in [5.41, 5.74) is 10.7. The summed E-state index contributed by atoms with van der Waals surface area (Å²) in [6.07, 6.45) is 5.30. The molecule has 0 saturated carbocycles. The van der Waals surface area contributed by atoms with Gasteiger partial charge in [-0.25, -0.2) is 13.6 Å². The molecule has 5 N–H and O–H groups in total. The minimum absolute atomic E-state index is 0.0570. The van der Waals surface area contributed by atoms with Crippen molar-refractivity contribution < 1.29 is 8.60 Å². The van der Waals surface area contributed by atoms with Gasteiger partial charge in [-0.05, 0) is 48.1 Å². The second-order valence-corrected chi connectivity index (χ2v) is 10.1. The lowest BCUT2D eigenvalue weighted by Crippen LogP contribution is -2.29. The van der Waals surface area contributed by atoms with Gasteiger partial charge in [0.1, 0.15) is 10.2 Å². The highest BCUT2D eigenvalue weighted by atomic mass is 35.5. The number of nitrogens with zero attached hydrogens (tertiary/aromatic N) is 1. The van der Waals surface area contributed by atoms with E-state index in [2.05, 4.69) is 21.1 Å².